The molecule has 29 heavy (non-hydrogen) atoms. The number of hydrazone groups is 1. The molecule has 0 saturated carbocycles. The molecule has 4 rings (SSSR count). The van der Waals surface area contributed by atoms with Crippen molar-refractivity contribution in [1.29, 1.82) is 0 Å². The molecule has 0 aliphatic carbocycles. The lowest BCUT2D eigenvalue weighted by atomic mass is 10.1. The van der Waals surface area contributed by atoms with E-state index in [-0.39, 0.29) is 24.7 Å². The fourth-order valence-corrected chi connectivity index (χ4v) is 3.35. The van der Waals surface area contributed by atoms with Gasteiger partial charge in [0, 0.05) is 44.6 Å². The molecule has 7 nitrogen and oxygen atoms in total. The molecule has 3 aromatic rings. The first-order valence-corrected chi connectivity index (χ1v) is 9.81. The summed E-state index contributed by atoms with van der Waals surface area (Å²) in [5.41, 5.74) is 3.76. The van der Waals surface area contributed by atoms with Gasteiger partial charge in [-0.15, -0.1) is 0 Å². The molecule has 2 amide bonds. The Hall–Kier alpha value is -3.48. The van der Waals surface area contributed by atoms with Crippen molar-refractivity contribution in [1.82, 2.24) is 19.7 Å². The van der Waals surface area contributed by atoms with Gasteiger partial charge >= 0.3 is 0 Å². The Bertz CT molecular complexity index is 1010. The monoisotopic (exact) mass is 389 g/mol. The molecule has 0 fully saturated rings. The van der Waals surface area contributed by atoms with Crippen LogP contribution in [-0.4, -0.2) is 45.0 Å². The molecule has 1 aromatic carbocycles. The molecule has 0 atom stereocenters. The second-order valence-electron chi connectivity index (χ2n) is 6.98. The third kappa shape index (κ3) is 4.68. The average Bonchev–Trinajstić information content (AvgIpc) is 3.40. The SMILES string of the molecule is O=C(CCC(=O)N1CCC(c2ccccc2)=N1)NCCc1cn2ccccc2n1. The van der Waals surface area contributed by atoms with E-state index in [9.17, 15) is 9.59 Å². The van der Waals surface area contributed by atoms with Gasteiger partial charge in [0.15, 0.2) is 0 Å². The van der Waals surface area contributed by atoms with Gasteiger partial charge < -0.3 is 9.72 Å². The molecule has 1 aliphatic heterocycles. The molecule has 3 heterocycles. The Balaban J connectivity index is 1.20. The van der Waals surface area contributed by atoms with Gasteiger partial charge in [0.1, 0.15) is 5.65 Å². The molecule has 7 heteroatoms. The van der Waals surface area contributed by atoms with Crippen molar-refractivity contribution in [3.05, 3.63) is 72.2 Å². The Kier molecular flexibility index (Phi) is 5.65. The predicted molar refractivity (Wildman–Crippen MR) is 110 cm³/mol. The van der Waals surface area contributed by atoms with E-state index in [2.05, 4.69) is 15.4 Å². The second-order valence-corrected chi connectivity index (χ2v) is 6.98. The van der Waals surface area contributed by atoms with Crippen LogP contribution in [0.5, 0.6) is 0 Å². The molecule has 1 N–H and O–H groups in total. The van der Waals surface area contributed by atoms with Crippen molar-refractivity contribution < 1.29 is 9.59 Å². The third-order valence-corrected chi connectivity index (χ3v) is 4.88. The van der Waals surface area contributed by atoms with E-state index < -0.39 is 0 Å². The number of carbonyl (C=O) groups excluding carboxylic acids is 2. The number of nitrogens with one attached hydrogen (secondary N) is 1. The number of imidazole rings is 1. The van der Waals surface area contributed by atoms with Crippen molar-refractivity contribution in [2.45, 2.75) is 25.7 Å². The van der Waals surface area contributed by atoms with Gasteiger partial charge in [-0.1, -0.05) is 36.4 Å². The zero-order valence-electron chi connectivity index (χ0n) is 16.1. The summed E-state index contributed by atoms with van der Waals surface area (Å²) in [6.07, 6.45) is 5.61. The van der Waals surface area contributed by atoms with Crippen LogP contribution >= 0.6 is 0 Å². The highest BCUT2D eigenvalue weighted by molar-refractivity contribution is 6.02. The number of benzene rings is 1. The first kappa shape index (κ1) is 18.9. The van der Waals surface area contributed by atoms with Gasteiger partial charge in [-0.3, -0.25) is 9.59 Å². The number of amides is 2. The Labute approximate surface area is 169 Å². The molecule has 148 valence electrons. The van der Waals surface area contributed by atoms with Crippen LogP contribution in [0.3, 0.4) is 0 Å². The summed E-state index contributed by atoms with van der Waals surface area (Å²) < 4.78 is 1.95. The van der Waals surface area contributed by atoms with Crippen LogP contribution in [0.15, 0.2) is 66.0 Å². The second kappa shape index (κ2) is 8.68. The van der Waals surface area contributed by atoms with Crippen LogP contribution in [0.2, 0.25) is 0 Å². The molecule has 0 unspecified atom stereocenters. The molecule has 0 radical (unpaired) electrons. The first-order valence-electron chi connectivity index (χ1n) is 9.81. The van der Waals surface area contributed by atoms with E-state index in [1.165, 1.54) is 5.01 Å². The van der Waals surface area contributed by atoms with Crippen LogP contribution in [0.25, 0.3) is 5.65 Å². The largest absolute Gasteiger partial charge is 0.356 e. The molecule has 0 bridgehead atoms. The average molecular weight is 389 g/mol. The Morgan fingerprint density at radius 2 is 1.86 bits per heavy atom. The smallest absolute Gasteiger partial charge is 0.243 e. The zero-order valence-corrected chi connectivity index (χ0v) is 16.1. The molecule has 0 saturated heterocycles. The van der Waals surface area contributed by atoms with Crippen LogP contribution in [0.1, 0.15) is 30.5 Å². The molecule has 2 aromatic heterocycles. The highest BCUT2D eigenvalue weighted by atomic mass is 16.2. The van der Waals surface area contributed by atoms with Crippen LogP contribution in [-0.2, 0) is 16.0 Å². The summed E-state index contributed by atoms with van der Waals surface area (Å²) in [7, 11) is 0. The summed E-state index contributed by atoms with van der Waals surface area (Å²) in [5.74, 6) is -0.250. The van der Waals surface area contributed by atoms with Gasteiger partial charge in [-0.25, -0.2) is 9.99 Å². The maximum absolute atomic E-state index is 12.3. The fourth-order valence-electron chi connectivity index (χ4n) is 3.35. The topological polar surface area (TPSA) is 79.1 Å². The Morgan fingerprint density at radius 1 is 1.03 bits per heavy atom. The molecule has 1 aliphatic rings. The zero-order chi connectivity index (χ0) is 20.1. The summed E-state index contributed by atoms with van der Waals surface area (Å²) >= 11 is 0. The van der Waals surface area contributed by atoms with Crippen LogP contribution < -0.4 is 5.32 Å². The number of pyridine rings is 1. The Morgan fingerprint density at radius 3 is 2.69 bits per heavy atom. The van der Waals surface area contributed by atoms with E-state index in [1.54, 1.807) is 0 Å². The maximum Gasteiger partial charge on any atom is 0.243 e. The van der Waals surface area contributed by atoms with Gasteiger partial charge in [-0.05, 0) is 17.7 Å². The summed E-state index contributed by atoms with van der Waals surface area (Å²) in [4.78, 5) is 28.9. The third-order valence-electron chi connectivity index (χ3n) is 4.88. The van der Waals surface area contributed by atoms with Gasteiger partial charge in [0.25, 0.3) is 0 Å². The number of nitrogens with zero attached hydrogens (tertiary/aromatic N) is 4. The van der Waals surface area contributed by atoms with Gasteiger partial charge in [0.05, 0.1) is 18.0 Å². The normalized spacial score (nSPS) is 13.5. The number of rotatable bonds is 7. The van der Waals surface area contributed by atoms with Crippen molar-refractivity contribution in [3.63, 3.8) is 0 Å². The van der Waals surface area contributed by atoms with Crippen molar-refractivity contribution in [2.24, 2.45) is 5.10 Å². The van der Waals surface area contributed by atoms with E-state index in [1.807, 2.05) is 65.3 Å². The number of hydrogen-bond acceptors (Lipinski definition) is 4. The van der Waals surface area contributed by atoms with Crippen molar-refractivity contribution in [3.8, 4) is 0 Å². The van der Waals surface area contributed by atoms with Gasteiger partial charge in [0.2, 0.25) is 11.8 Å². The van der Waals surface area contributed by atoms with E-state index >= 15 is 0 Å². The lowest BCUT2D eigenvalue weighted by molar-refractivity contribution is -0.133. The van der Waals surface area contributed by atoms with E-state index in [0.717, 1.165) is 29.0 Å². The summed E-state index contributed by atoms with van der Waals surface area (Å²) in [5, 5.41) is 8.76. The predicted octanol–water partition coefficient (Wildman–Crippen LogP) is 2.41. The fraction of sp³-hybridized carbons (Fsp3) is 0.273. The standard InChI is InChI=1S/C22H23N5O2/c28-21(23-13-11-18-16-26-14-5-4-8-20(26)24-18)9-10-22(29)27-15-12-19(25-27)17-6-2-1-3-7-17/h1-8,14,16H,9-13,15H2,(H,23,28). The lowest BCUT2D eigenvalue weighted by Crippen LogP contribution is -2.29. The van der Waals surface area contributed by atoms with Crippen molar-refractivity contribution in [2.75, 3.05) is 13.1 Å². The molecule has 0 spiro atoms. The molecular weight excluding hydrogens is 366 g/mol. The number of aromatic nitrogens is 2. The number of carbonyl (C=O) groups is 2. The quantitative estimate of drug-likeness (QED) is 0.674. The van der Waals surface area contributed by atoms with Crippen LogP contribution in [0.4, 0.5) is 0 Å². The summed E-state index contributed by atoms with van der Waals surface area (Å²) in [6.45, 7) is 1.06. The van der Waals surface area contributed by atoms with Crippen LogP contribution in [0, 0.1) is 0 Å². The minimum Gasteiger partial charge on any atom is -0.356 e. The van der Waals surface area contributed by atoms with E-state index in [0.29, 0.717) is 19.5 Å². The lowest BCUT2D eigenvalue weighted by Gasteiger charge is -2.11. The highest BCUT2D eigenvalue weighted by Gasteiger charge is 2.21. The minimum atomic E-state index is -0.131. The number of fused-ring (bicyclic) bond motifs is 1. The first-order chi connectivity index (χ1) is 14.2. The minimum absolute atomic E-state index is 0.119. The maximum atomic E-state index is 12.3. The van der Waals surface area contributed by atoms with Gasteiger partial charge in [-0.2, -0.15) is 5.10 Å². The van der Waals surface area contributed by atoms with E-state index in [4.69, 9.17) is 0 Å². The number of hydrogen-bond donors (Lipinski definition) is 1. The molecular formula is C22H23N5O2. The van der Waals surface area contributed by atoms with Crippen molar-refractivity contribution >= 4 is 23.2 Å². The summed E-state index contributed by atoms with van der Waals surface area (Å²) in [6, 6.07) is 15.7. The highest BCUT2D eigenvalue weighted by Crippen LogP contribution is 2.15.